The Morgan fingerprint density at radius 3 is 1.70 bits per heavy atom. The molecule has 43 heavy (non-hydrogen) atoms. The molecule has 0 unspecified atom stereocenters. The van der Waals surface area contributed by atoms with Gasteiger partial charge in [0, 0.05) is 16.3 Å². The maximum absolute atomic E-state index is 9.63. The molecule has 0 bridgehead atoms. The molecule has 0 saturated heterocycles. The summed E-state index contributed by atoms with van der Waals surface area (Å²) in [6, 6.07) is 39.1. The van der Waals surface area contributed by atoms with Gasteiger partial charge in [-0.2, -0.15) is 0 Å². The van der Waals surface area contributed by atoms with Crippen LogP contribution in [0.3, 0.4) is 0 Å². The van der Waals surface area contributed by atoms with Crippen molar-refractivity contribution < 1.29 is 12.6 Å². The van der Waals surface area contributed by atoms with Gasteiger partial charge in [-0.05, 0) is 78.3 Å². The molecule has 0 fully saturated rings. The summed E-state index contributed by atoms with van der Waals surface area (Å²) >= 11 is 0. The molecule has 1 heterocycles. The topological polar surface area (TPSA) is 13.1 Å². The first kappa shape index (κ1) is 18.7. The van der Waals surface area contributed by atoms with E-state index in [2.05, 4.69) is 60.7 Å². The summed E-state index contributed by atoms with van der Waals surface area (Å²) < 4.78 is 59.6. The van der Waals surface area contributed by atoms with Gasteiger partial charge in [0.05, 0.1) is 8.22 Å². The standard InChI is InChI=1S/C42H26O/c1-2-14-28(15-3-1)39-36(25-26-38-42(39)35-22-10-11-24-37(35)43-38)41-33-20-8-6-18-31(33)40(32-19-7-9-21-34(32)41)30-23-12-16-27-13-4-5-17-29(27)30/h1-26H/i10D,11D,22D,24D,25D,26D. The molecular weight excluding hydrogens is 520 g/mol. The summed E-state index contributed by atoms with van der Waals surface area (Å²) in [5.41, 5.74) is 4.85. The highest BCUT2D eigenvalue weighted by atomic mass is 16.3. The summed E-state index contributed by atoms with van der Waals surface area (Å²) in [7, 11) is 0. The van der Waals surface area contributed by atoms with E-state index in [0.29, 0.717) is 16.5 Å². The third kappa shape index (κ3) is 3.58. The quantitative estimate of drug-likeness (QED) is 0.199. The van der Waals surface area contributed by atoms with E-state index >= 15 is 0 Å². The van der Waals surface area contributed by atoms with Crippen molar-refractivity contribution in [3.05, 3.63) is 158 Å². The van der Waals surface area contributed by atoms with Gasteiger partial charge in [-0.1, -0.05) is 139 Å². The summed E-state index contributed by atoms with van der Waals surface area (Å²) in [4.78, 5) is 0. The number of benzene rings is 8. The summed E-state index contributed by atoms with van der Waals surface area (Å²) in [6.45, 7) is 0. The van der Waals surface area contributed by atoms with Crippen molar-refractivity contribution >= 4 is 54.3 Å². The Balaban J connectivity index is 1.54. The van der Waals surface area contributed by atoms with Gasteiger partial charge in [0.2, 0.25) is 0 Å². The fourth-order valence-corrected chi connectivity index (χ4v) is 6.67. The molecule has 0 amide bonds. The zero-order chi connectivity index (χ0) is 33.6. The first-order valence-electron chi connectivity index (χ1n) is 17.3. The highest BCUT2D eigenvalue weighted by Crippen LogP contribution is 2.49. The van der Waals surface area contributed by atoms with Crippen LogP contribution in [0.25, 0.3) is 87.6 Å². The van der Waals surface area contributed by atoms with Crippen LogP contribution in [0.15, 0.2) is 162 Å². The lowest BCUT2D eigenvalue weighted by molar-refractivity contribution is 0.669. The maximum atomic E-state index is 9.63. The molecule has 1 nitrogen and oxygen atoms in total. The van der Waals surface area contributed by atoms with Crippen molar-refractivity contribution in [2.45, 2.75) is 0 Å². The van der Waals surface area contributed by atoms with Crippen LogP contribution in [0.4, 0.5) is 0 Å². The SMILES string of the molecule is [2H]c1c([2H])c([2H])c2c(oc3c([2H])c([2H])c(-c4c5ccccc5c(-c5cccc6ccccc56)c5ccccc45)c(-c4ccccc4)c32)c1[2H]. The minimum atomic E-state index is -0.406. The van der Waals surface area contributed by atoms with E-state index in [1.165, 1.54) is 0 Å². The molecular formula is C42H26O. The lowest BCUT2D eigenvalue weighted by Gasteiger charge is -2.21. The minimum Gasteiger partial charge on any atom is -0.456 e. The first-order valence-corrected chi connectivity index (χ1v) is 14.3. The average molecular weight is 553 g/mol. The van der Waals surface area contributed by atoms with Crippen LogP contribution in [0.1, 0.15) is 8.22 Å². The Morgan fingerprint density at radius 2 is 0.977 bits per heavy atom. The van der Waals surface area contributed by atoms with Crippen molar-refractivity contribution in [3.8, 4) is 33.4 Å². The molecule has 0 N–H and O–H groups in total. The monoisotopic (exact) mass is 552 g/mol. The molecule has 0 spiro atoms. The average Bonchev–Trinajstić information content (AvgIpc) is 3.55. The van der Waals surface area contributed by atoms with Gasteiger partial charge < -0.3 is 4.42 Å². The smallest absolute Gasteiger partial charge is 0.136 e. The maximum Gasteiger partial charge on any atom is 0.136 e. The van der Waals surface area contributed by atoms with Crippen molar-refractivity contribution in [1.82, 2.24) is 0 Å². The molecule has 9 rings (SSSR count). The molecule has 0 radical (unpaired) electrons. The Kier molecular flexibility index (Phi) is 4.11. The Hall–Kier alpha value is -5.66. The Labute approximate surface area is 257 Å². The lowest BCUT2D eigenvalue weighted by atomic mass is 9.82. The van der Waals surface area contributed by atoms with E-state index < -0.39 is 6.04 Å². The number of para-hydroxylation sites is 1. The van der Waals surface area contributed by atoms with Crippen LogP contribution in [-0.2, 0) is 0 Å². The summed E-state index contributed by atoms with van der Waals surface area (Å²) in [5, 5.41) is 6.68. The zero-order valence-electron chi connectivity index (χ0n) is 29.0. The molecule has 200 valence electrons. The van der Waals surface area contributed by atoms with Crippen LogP contribution < -0.4 is 0 Å². The van der Waals surface area contributed by atoms with E-state index in [-0.39, 0.29) is 46.8 Å². The van der Waals surface area contributed by atoms with Crippen LogP contribution in [-0.4, -0.2) is 0 Å². The molecule has 0 aliphatic carbocycles. The van der Waals surface area contributed by atoms with Crippen LogP contribution in [0.2, 0.25) is 0 Å². The molecule has 0 aliphatic heterocycles. The Morgan fingerprint density at radius 1 is 0.395 bits per heavy atom. The fraction of sp³-hybridized carbons (Fsp3) is 0. The molecule has 1 aromatic heterocycles. The zero-order valence-corrected chi connectivity index (χ0v) is 23.0. The molecule has 9 aromatic rings. The minimum absolute atomic E-state index is 0.0238. The highest BCUT2D eigenvalue weighted by molar-refractivity contribution is 6.26. The van der Waals surface area contributed by atoms with Crippen LogP contribution >= 0.6 is 0 Å². The second kappa shape index (κ2) is 9.44. The van der Waals surface area contributed by atoms with Gasteiger partial charge >= 0.3 is 0 Å². The van der Waals surface area contributed by atoms with E-state index in [0.717, 1.165) is 54.6 Å². The van der Waals surface area contributed by atoms with Gasteiger partial charge in [0.15, 0.2) is 0 Å². The second-order valence-electron chi connectivity index (χ2n) is 10.7. The lowest BCUT2D eigenvalue weighted by Crippen LogP contribution is -1.93. The fourth-order valence-electron chi connectivity index (χ4n) is 6.67. The molecule has 1 heteroatoms. The van der Waals surface area contributed by atoms with E-state index in [4.69, 9.17) is 9.90 Å². The largest absolute Gasteiger partial charge is 0.456 e. The van der Waals surface area contributed by atoms with Crippen molar-refractivity contribution in [1.29, 1.82) is 0 Å². The molecule has 0 saturated carbocycles. The first-order chi connectivity index (χ1) is 23.9. The third-order valence-corrected chi connectivity index (χ3v) is 8.44. The van der Waals surface area contributed by atoms with Gasteiger partial charge in [0.1, 0.15) is 11.2 Å². The van der Waals surface area contributed by atoms with Crippen molar-refractivity contribution in [3.63, 3.8) is 0 Å². The highest BCUT2D eigenvalue weighted by Gasteiger charge is 2.22. The van der Waals surface area contributed by atoms with E-state index in [1.807, 2.05) is 60.7 Å². The number of hydrogen-bond acceptors (Lipinski definition) is 1. The van der Waals surface area contributed by atoms with Crippen LogP contribution in [0.5, 0.6) is 0 Å². The van der Waals surface area contributed by atoms with E-state index in [9.17, 15) is 2.74 Å². The summed E-state index contributed by atoms with van der Waals surface area (Å²) in [5.74, 6) is 0. The predicted octanol–water partition coefficient (Wildman–Crippen LogP) is 12.0. The van der Waals surface area contributed by atoms with Gasteiger partial charge in [-0.15, -0.1) is 0 Å². The van der Waals surface area contributed by atoms with Crippen molar-refractivity contribution in [2.75, 3.05) is 0 Å². The van der Waals surface area contributed by atoms with Crippen LogP contribution in [0, 0.1) is 0 Å². The van der Waals surface area contributed by atoms with Gasteiger partial charge in [-0.3, -0.25) is 0 Å². The second-order valence-corrected chi connectivity index (χ2v) is 10.7. The molecule has 0 aliphatic rings. The normalized spacial score (nSPS) is 13.7. The molecule has 8 aromatic carbocycles. The third-order valence-electron chi connectivity index (χ3n) is 8.44. The van der Waals surface area contributed by atoms with E-state index in [1.54, 1.807) is 0 Å². The number of fused-ring (bicyclic) bond motifs is 6. The van der Waals surface area contributed by atoms with Gasteiger partial charge in [0.25, 0.3) is 0 Å². The number of hydrogen-bond donors (Lipinski definition) is 0. The van der Waals surface area contributed by atoms with Crippen molar-refractivity contribution in [2.24, 2.45) is 0 Å². The number of rotatable bonds is 3. The number of furan rings is 1. The summed E-state index contributed by atoms with van der Waals surface area (Å²) in [6.07, 6.45) is 0. The van der Waals surface area contributed by atoms with Gasteiger partial charge in [-0.25, -0.2) is 0 Å². The predicted molar refractivity (Wildman–Crippen MR) is 183 cm³/mol. The Bertz CT molecular complexity index is 2780. The molecule has 0 atom stereocenters.